The fourth-order valence-corrected chi connectivity index (χ4v) is 4.99. The van der Waals surface area contributed by atoms with Crippen LogP contribution in [0.5, 0.6) is 11.5 Å². The zero-order chi connectivity index (χ0) is 27.7. The summed E-state index contributed by atoms with van der Waals surface area (Å²) in [6.07, 6.45) is -4.63. The molecule has 2 N–H and O–H groups in total. The predicted octanol–water partition coefficient (Wildman–Crippen LogP) is 5.63. The number of ether oxygens (including phenoxy) is 2. The Bertz CT molecular complexity index is 1760. The number of alkyl halides is 3. The van der Waals surface area contributed by atoms with E-state index in [1.165, 1.54) is 37.0 Å². The van der Waals surface area contributed by atoms with E-state index in [0.717, 1.165) is 23.2 Å². The van der Waals surface area contributed by atoms with Crippen LogP contribution in [0.2, 0.25) is 0 Å². The molecule has 0 bridgehead atoms. The zero-order valence-corrected chi connectivity index (χ0v) is 21.4. The highest BCUT2D eigenvalue weighted by molar-refractivity contribution is 7.99. The van der Waals surface area contributed by atoms with E-state index in [9.17, 15) is 22.8 Å². The number of aromatic amines is 1. The molecule has 0 fully saturated rings. The number of carbonyl (C=O) groups excluding carboxylic acids is 1. The number of benzene rings is 3. The van der Waals surface area contributed by atoms with Gasteiger partial charge in [-0.1, -0.05) is 42.1 Å². The highest BCUT2D eigenvalue weighted by Crippen LogP contribution is 2.35. The van der Waals surface area contributed by atoms with Crippen molar-refractivity contribution >= 4 is 45.3 Å². The Balaban J connectivity index is 1.56. The molecule has 0 aliphatic carbocycles. The normalized spacial score (nSPS) is 11.6. The molecule has 8 nitrogen and oxygen atoms in total. The third-order valence-electron chi connectivity index (χ3n) is 5.96. The van der Waals surface area contributed by atoms with Crippen LogP contribution in [0.15, 0.2) is 76.7 Å². The first-order valence-corrected chi connectivity index (χ1v) is 12.5. The third-order valence-corrected chi connectivity index (χ3v) is 6.90. The van der Waals surface area contributed by atoms with Crippen molar-refractivity contribution < 1.29 is 27.4 Å². The van der Waals surface area contributed by atoms with Gasteiger partial charge in [0.1, 0.15) is 11.0 Å². The Kier molecular flexibility index (Phi) is 6.96. The van der Waals surface area contributed by atoms with E-state index < -0.39 is 23.2 Å². The minimum Gasteiger partial charge on any atom is -0.493 e. The van der Waals surface area contributed by atoms with Gasteiger partial charge in [0.25, 0.3) is 5.56 Å². The quantitative estimate of drug-likeness (QED) is 0.200. The van der Waals surface area contributed by atoms with Gasteiger partial charge in [-0.25, -0.2) is 4.98 Å². The monoisotopic (exact) mass is 554 g/mol. The number of rotatable bonds is 7. The molecule has 0 saturated heterocycles. The highest BCUT2D eigenvalue weighted by Gasteiger charge is 2.33. The number of nitrogens with one attached hydrogen (secondary N) is 2. The first-order valence-electron chi connectivity index (χ1n) is 11.6. The van der Waals surface area contributed by atoms with Crippen molar-refractivity contribution in [1.29, 1.82) is 0 Å². The van der Waals surface area contributed by atoms with Gasteiger partial charge in [-0.2, -0.15) is 13.2 Å². The van der Waals surface area contributed by atoms with E-state index in [4.69, 9.17) is 14.5 Å². The topological polar surface area (TPSA) is 98.2 Å². The van der Waals surface area contributed by atoms with Crippen LogP contribution in [0.3, 0.4) is 0 Å². The molecule has 0 radical (unpaired) electrons. The number of thioether (sulfide) groups is 1. The molecule has 0 aliphatic rings. The number of amides is 1. The minimum absolute atomic E-state index is 0.170. The Hall–Kier alpha value is -4.45. The minimum atomic E-state index is -4.63. The maximum absolute atomic E-state index is 13.7. The van der Waals surface area contributed by atoms with Gasteiger partial charge in [0.2, 0.25) is 5.91 Å². The van der Waals surface area contributed by atoms with Gasteiger partial charge in [-0.05, 0) is 30.3 Å². The first kappa shape index (κ1) is 26.2. The van der Waals surface area contributed by atoms with Gasteiger partial charge in [-0.15, -0.1) is 0 Å². The summed E-state index contributed by atoms with van der Waals surface area (Å²) in [4.78, 5) is 34.3. The van der Waals surface area contributed by atoms with Crippen LogP contribution in [0, 0.1) is 0 Å². The molecule has 0 spiro atoms. The number of aromatic nitrogens is 3. The number of H-pyrrole nitrogens is 1. The predicted molar refractivity (Wildman–Crippen MR) is 143 cm³/mol. The number of carbonyl (C=O) groups is 1. The number of fused-ring (bicyclic) bond motifs is 3. The molecule has 0 atom stereocenters. The van der Waals surface area contributed by atoms with Crippen molar-refractivity contribution in [3.05, 3.63) is 82.6 Å². The number of anilines is 1. The SMILES string of the molecule is COc1ccc(-n2c(SCC(=O)Nc3ccccc3C(F)(F)F)nc3c([nH]c4ccccc43)c2=O)cc1OC. The summed E-state index contributed by atoms with van der Waals surface area (Å²) in [5, 5.41) is 3.21. The van der Waals surface area contributed by atoms with Gasteiger partial charge in [0.05, 0.1) is 36.9 Å². The third kappa shape index (κ3) is 5.02. The number of halogens is 3. The van der Waals surface area contributed by atoms with Crippen LogP contribution in [0.25, 0.3) is 27.6 Å². The Morgan fingerprint density at radius 1 is 1.03 bits per heavy atom. The van der Waals surface area contributed by atoms with Crippen molar-refractivity contribution in [2.75, 3.05) is 25.3 Å². The van der Waals surface area contributed by atoms with Crippen LogP contribution in [0.1, 0.15) is 5.56 Å². The van der Waals surface area contributed by atoms with E-state index in [1.807, 2.05) is 24.3 Å². The molecular formula is C27H21F3N4O4S. The van der Waals surface area contributed by atoms with Crippen molar-refractivity contribution in [2.45, 2.75) is 11.3 Å². The van der Waals surface area contributed by atoms with E-state index in [0.29, 0.717) is 28.2 Å². The molecule has 0 saturated carbocycles. The summed E-state index contributed by atoms with van der Waals surface area (Å²) in [7, 11) is 2.95. The van der Waals surface area contributed by atoms with Crippen LogP contribution < -0.4 is 20.3 Å². The molecule has 39 heavy (non-hydrogen) atoms. The van der Waals surface area contributed by atoms with Gasteiger partial charge in [0.15, 0.2) is 16.7 Å². The van der Waals surface area contributed by atoms with Crippen molar-refractivity contribution in [1.82, 2.24) is 14.5 Å². The second-order valence-electron chi connectivity index (χ2n) is 8.35. The van der Waals surface area contributed by atoms with Gasteiger partial charge in [0, 0.05) is 17.0 Å². The van der Waals surface area contributed by atoms with Crippen LogP contribution in [-0.2, 0) is 11.0 Å². The van der Waals surface area contributed by atoms with E-state index >= 15 is 0 Å². The molecule has 2 heterocycles. The lowest BCUT2D eigenvalue weighted by Gasteiger charge is -2.15. The van der Waals surface area contributed by atoms with Crippen LogP contribution in [0.4, 0.5) is 18.9 Å². The standard InChI is InChI=1S/C27H21F3N4O4S/c1-37-20-12-11-15(13-21(20)38-2)34-25(36)24-23(16-7-3-5-9-18(16)32-24)33-26(34)39-14-22(35)31-19-10-6-4-8-17(19)27(28,29)30/h3-13,32H,14H2,1-2H3,(H,31,35). The summed E-state index contributed by atoms with van der Waals surface area (Å²) in [6.45, 7) is 0. The Morgan fingerprint density at radius 2 is 1.74 bits per heavy atom. The van der Waals surface area contributed by atoms with Gasteiger partial charge < -0.3 is 19.8 Å². The number of hydrogen-bond donors (Lipinski definition) is 2. The Labute approximate surface area is 223 Å². The average molecular weight is 555 g/mol. The highest BCUT2D eigenvalue weighted by atomic mass is 32.2. The van der Waals surface area contributed by atoms with E-state index in [-0.39, 0.29) is 22.1 Å². The Morgan fingerprint density at radius 3 is 2.49 bits per heavy atom. The molecule has 200 valence electrons. The molecule has 0 aliphatic heterocycles. The fraction of sp³-hybridized carbons (Fsp3) is 0.148. The average Bonchev–Trinajstić information content (AvgIpc) is 3.30. The molecule has 1 amide bonds. The maximum Gasteiger partial charge on any atom is 0.418 e. The summed E-state index contributed by atoms with van der Waals surface area (Å²) in [5.74, 6) is -0.175. The fourth-order valence-electron chi connectivity index (χ4n) is 4.19. The lowest BCUT2D eigenvalue weighted by molar-refractivity contribution is -0.137. The van der Waals surface area contributed by atoms with Crippen molar-refractivity contribution in [2.24, 2.45) is 0 Å². The summed E-state index contributed by atoms with van der Waals surface area (Å²) in [6, 6.07) is 16.9. The number of nitrogens with zero attached hydrogens (tertiary/aromatic N) is 2. The van der Waals surface area contributed by atoms with Gasteiger partial charge in [-0.3, -0.25) is 14.2 Å². The van der Waals surface area contributed by atoms with E-state index in [2.05, 4.69) is 10.3 Å². The molecule has 2 aromatic heterocycles. The first-order chi connectivity index (χ1) is 18.7. The molecule has 12 heteroatoms. The number of hydrogen-bond acceptors (Lipinski definition) is 6. The smallest absolute Gasteiger partial charge is 0.418 e. The lowest BCUT2D eigenvalue weighted by atomic mass is 10.1. The summed E-state index contributed by atoms with van der Waals surface area (Å²) in [5.41, 5.74) is 0.0535. The van der Waals surface area contributed by atoms with Crippen molar-refractivity contribution in [3.63, 3.8) is 0 Å². The van der Waals surface area contributed by atoms with E-state index in [1.54, 1.807) is 18.2 Å². The molecule has 3 aromatic carbocycles. The second-order valence-corrected chi connectivity index (χ2v) is 9.29. The van der Waals surface area contributed by atoms with Crippen LogP contribution in [-0.4, -0.2) is 40.4 Å². The largest absolute Gasteiger partial charge is 0.493 e. The lowest BCUT2D eigenvalue weighted by Crippen LogP contribution is -2.23. The number of methoxy groups -OCH3 is 2. The van der Waals surface area contributed by atoms with Crippen LogP contribution >= 0.6 is 11.8 Å². The number of para-hydroxylation sites is 2. The van der Waals surface area contributed by atoms with Crippen molar-refractivity contribution in [3.8, 4) is 17.2 Å². The van der Waals surface area contributed by atoms with Gasteiger partial charge >= 0.3 is 6.18 Å². The molecule has 5 rings (SSSR count). The summed E-state index contributed by atoms with van der Waals surface area (Å²) < 4.78 is 52.1. The molecule has 5 aromatic rings. The maximum atomic E-state index is 13.7. The zero-order valence-electron chi connectivity index (χ0n) is 20.6. The molecule has 0 unspecified atom stereocenters. The summed E-state index contributed by atoms with van der Waals surface area (Å²) >= 11 is 0.920. The molecular weight excluding hydrogens is 533 g/mol. The second kappa shape index (κ2) is 10.4.